The van der Waals surface area contributed by atoms with Crippen LogP contribution in [0.1, 0.15) is 12.8 Å². The number of piperidine rings is 1. The molecule has 0 atom stereocenters. The SMILES string of the molecule is CNc1ccc(F)c(-c2ccc3nc(NC4CCNCC4)ncc3c2)c1F. The van der Waals surface area contributed by atoms with E-state index in [0.29, 0.717) is 17.6 Å². The maximum absolute atomic E-state index is 14.6. The summed E-state index contributed by atoms with van der Waals surface area (Å²) in [6.07, 6.45) is 3.74. The Morgan fingerprint density at radius 2 is 1.93 bits per heavy atom. The summed E-state index contributed by atoms with van der Waals surface area (Å²) in [7, 11) is 1.60. The molecule has 4 rings (SSSR count). The first-order valence-electron chi connectivity index (χ1n) is 9.06. The second-order valence-corrected chi connectivity index (χ2v) is 6.67. The third-order valence-electron chi connectivity index (χ3n) is 4.90. The largest absolute Gasteiger partial charge is 0.386 e. The van der Waals surface area contributed by atoms with Crippen molar-refractivity contribution >= 4 is 22.5 Å². The summed E-state index contributed by atoms with van der Waals surface area (Å²) >= 11 is 0. The predicted octanol–water partition coefficient (Wildman–Crippen LogP) is 3.78. The van der Waals surface area contributed by atoms with Gasteiger partial charge in [0.1, 0.15) is 5.82 Å². The highest BCUT2D eigenvalue weighted by atomic mass is 19.1. The quantitative estimate of drug-likeness (QED) is 0.653. The fourth-order valence-corrected chi connectivity index (χ4v) is 3.42. The minimum Gasteiger partial charge on any atom is -0.386 e. The molecule has 0 amide bonds. The van der Waals surface area contributed by atoms with Crippen molar-refractivity contribution in [3.63, 3.8) is 0 Å². The Hall–Kier alpha value is -2.80. The van der Waals surface area contributed by atoms with Crippen molar-refractivity contribution in [1.82, 2.24) is 15.3 Å². The van der Waals surface area contributed by atoms with Crippen molar-refractivity contribution in [3.8, 4) is 11.1 Å². The average Bonchev–Trinajstić information content (AvgIpc) is 2.69. The lowest BCUT2D eigenvalue weighted by Crippen LogP contribution is -2.35. The molecule has 1 aliphatic rings. The summed E-state index contributed by atoms with van der Waals surface area (Å²) in [5.41, 5.74) is 1.39. The Balaban J connectivity index is 1.66. The van der Waals surface area contributed by atoms with Crippen LogP contribution in [0.2, 0.25) is 0 Å². The Kier molecular flexibility index (Phi) is 4.85. The van der Waals surface area contributed by atoms with Gasteiger partial charge in [0.25, 0.3) is 0 Å². The first kappa shape index (κ1) is 17.6. The van der Waals surface area contributed by atoms with Crippen LogP contribution in [0, 0.1) is 11.6 Å². The number of hydrogen-bond acceptors (Lipinski definition) is 5. The predicted molar refractivity (Wildman–Crippen MR) is 104 cm³/mol. The number of nitrogens with one attached hydrogen (secondary N) is 3. The van der Waals surface area contributed by atoms with E-state index < -0.39 is 11.6 Å². The van der Waals surface area contributed by atoms with Crippen LogP contribution in [0.3, 0.4) is 0 Å². The minimum atomic E-state index is -0.609. The molecule has 1 fully saturated rings. The molecule has 0 saturated carbocycles. The van der Waals surface area contributed by atoms with Gasteiger partial charge in [-0.3, -0.25) is 0 Å². The second-order valence-electron chi connectivity index (χ2n) is 6.67. The number of fused-ring (bicyclic) bond motifs is 1. The molecular formula is C20H21F2N5. The first-order valence-corrected chi connectivity index (χ1v) is 9.06. The van der Waals surface area contributed by atoms with Crippen LogP contribution in [-0.2, 0) is 0 Å². The van der Waals surface area contributed by atoms with E-state index in [1.165, 1.54) is 12.1 Å². The van der Waals surface area contributed by atoms with Crippen LogP contribution in [0.25, 0.3) is 22.0 Å². The summed E-state index contributed by atoms with van der Waals surface area (Å²) in [4.78, 5) is 8.91. The van der Waals surface area contributed by atoms with Crippen LogP contribution in [0.15, 0.2) is 36.5 Å². The number of halogens is 2. The molecule has 27 heavy (non-hydrogen) atoms. The molecule has 1 aliphatic heterocycles. The maximum Gasteiger partial charge on any atom is 0.223 e. The molecule has 3 N–H and O–H groups in total. The molecule has 1 saturated heterocycles. The van der Waals surface area contributed by atoms with Gasteiger partial charge in [0.05, 0.1) is 16.8 Å². The number of aromatic nitrogens is 2. The summed E-state index contributed by atoms with van der Waals surface area (Å²) in [5.74, 6) is -0.630. The number of rotatable bonds is 4. The lowest BCUT2D eigenvalue weighted by atomic mass is 10.0. The molecule has 1 aromatic heterocycles. The molecular weight excluding hydrogens is 348 g/mol. The molecule has 2 aromatic carbocycles. The summed E-state index contributed by atoms with van der Waals surface area (Å²) < 4.78 is 28.9. The lowest BCUT2D eigenvalue weighted by Gasteiger charge is -2.23. The molecule has 0 radical (unpaired) electrons. The van der Waals surface area contributed by atoms with E-state index in [2.05, 4.69) is 25.9 Å². The lowest BCUT2D eigenvalue weighted by molar-refractivity contribution is 0.477. The number of benzene rings is 2. The van der Waals surface area contributed by atoms with E-state index in [-0.39, 0.29) is 11.3 Å². The normalized spacial score (nSPS) is 15.1. The van der Waals surface area contributed by atoms with Gasteiger partial charge in [0, 0.05) is 24.7 Å². The summed E-state index contributed by atoms with van der Waals surface area (Å²) in [6, 6.07) is 8.17. The van der Waals surface area contributed by atoms with Gasteiger partial charge in [-0.05, 0) is 55.8 Å². The maximum atomic E-state index is 14.6. The standard InChI is InChI=1S/C20H21F2N5/c1-23-17-5-3-15(21)18(19(17)22)12-2-4-16-13(10-12)11-25-20(27-16)26-14-6-8-24-9-7-14/h2-5,10-11,14,23-24H,6-9H2,1H3,(H,25,26,27). The monoisotopic (exact) mass is 369 g/mol. The zero-order valence-electron chi connectivity index (χ0n) is 15.0. The van der Waals surface area contributed by atoms with Gasteiger partial charge < -0.3 is 16.0 Å². The van der Waals surface area contributed by atoms with Gasteiger partial charge in [-0.15, -0.1) is 0 Å². The zero-order chi connectivity index (χ0) is 18.8. The van der Waals surface area contributed by atoms with Crippen molar-refractivity contribution in [2.75, 3.05) is 30.8 Å². The topological polar surface area (TPSA) is 61.9 Å². The van der Waals surface area contributed by atoms with Gasteiger partial charge in [-0.1, -0.05) is 6.07 Å². The highest BCUT2D eigenvalue weighted by molar-refractivity contribution is 5.85. The molecule has 2 heterocycles. The van der Waals surface area contributed by atoms with Gasteiger partial charge in [0.15, 0.2) is 5.82 Å². The van der Waals surface area contributed by atoms with E-state index in [9.17, 15) is 8.78 Å². The molecule has 0 aliphatic carbocycles. The fourth-order valence-electron chi connectivity index (χ4n) is 3.42. The third kappa shape index (κ3) is 3.55. The Labute approximate surface area is 156 Å². The molecule has 0 spiro atoms. The second kappa shape index (κ2) is 7.44. The van der Waals surface area contributed by atoms with E-state index >= 15 is 0 Å². The number of anilines is 2. The van der Waals surface area contributed by atoms with Gasteiger partial charge in [0.2, 0.25) is 5.95 Å². The van der Waals surface area contributed by atoms with E-state index in [1.807, 2.05) is 0 Å². The van der Waals surface area contributed by atoms with Crippen LogP contribution in [0.4, 0.5) is 20.4 Å². The van der Waals surface area contributed by atoms with Crippen molar-refractivity contribution in [2.24, 2.45) is 0 Å². The van der Waals surface area contributed by atoms with Crippen molar-refractivity contribution in [3.05, 3.63) is 48.2 Å². The molecule has 140 valence electrons. The molecule has 5 nitrogen and oxygen atoms in total. The summed E-state index contributed by atoms with van der Waals surface area (Å²) in [6.45, 7) is 1.97. The van der Waals surface area contributed by atoms with Crippen molar-refractivity contribution in [2.45, 2.75) is 18.9 Å². The van der Waals surface area contributed by atoms with Gasteiger partial charge in [-0.25, -0.2) is 18.7 Å². The van der Waals surface area contributed by atoms with Crippen LogP contribution in [0.5, 0.6) is 0 Å². The van der Waals surface area contributed by atoms with Gasteiger partial charge in [-0.2, -0.15) is 0 Å². The Bertz CT molecular complexity index is 970. The number of nitrogens with zero attached hydrogens (tertiary/aromatic N) is 2. The first-order chi connectivity index (χ1) is 13.2. The highest BCUT2D eigenvalue weighted by Gasteiger charge is 2.17. The van der Waals surface area contributed by atoms with E-state index in [1.54, 1.807) is 31.4 Å². The molecule has 3 aromatic rings. The van der Waals surface area contributed by atoms with Crippen LogP contribution < -0.4 is 16.0 Å². The minimum absolute atomic E-state index is 0.0549. The smallest absolute Gasteiger partial charge is 0.223 e. The zero-order valence-corrected chi connectivity index (χ0v) is 15.0. The Morgan fingerprint density at radius 3 is 2.70 bits per heavy atom. The molecule has 7 heteroatoms. The molecule has 0 unspecified atom stereocenters. The molecule has 0 bridgehead atoms. The fraction of sp³-hybridized carbons (Fsp3) is 0.300. The number of hydrogen-bond donors (Lipinski definition) is 3. The average molecular weight is 369 g/mol. The highest BCUT2D eigenvalue weighted by Crippen LogP contribution is 2.32. The van der Waals surface area contributed by atoms with E-state index in [4.69, 9.17) is 0 Å². The van der Waals surface area contributed by atoms with E-state index in [0.717, 1.165) is 36.8 Å². The van der Waals surface area contributed by atoms with Gasteiger partial charge >= 0.3 is 0 Å². The third-order valence-corrected chi connectivity index (χ3v) is 4.90. The van der Waals surface area contributed by atoms with Crippen molar-refractivity contribution < 1.29 is 8.78 Å². The summed E-state index contributed by atoms with van der Waals surface area (Å²) in [5, 5.41) is 10.2. The van der Waals surface area contributed by atoms with Crippen LogP contribution >= 0.6 is 0 Å². The Morgan fingerprint density at radius 1 is 1.11 bits per heavy atom. The van der Waals surface area contributed by atoms with Crippen LogP contribution in [-0.4, -0.2) is 36.1 Å². The van der Waals surface area contributed by atoms with Crippen molar-refractivity contribution in [1.29, 1.82) is 0 Å².